The van der Waals surface area contributed by atoms with Crippen LogP contribution < -0.4 is 0 Å². The van der Waals surface area contributed by atoms with Crippen molar-refractivity contribution in [3.05, 3.63) is 76.0 Å². The zero-order chi connectivity index (χ0) is 14.8. The Morgan fingerprint density at radius 1 is 0.762 bits per heavy atom. The van der Waals surface area contributed by atoms with Crippen LogP contribution in [0.15, 0.2) is 60.8 Å². The first kappa shape index (κ1) is 14.1. The lowest BCUT2D eigenvalue weighted by Gasteiger charge is -2.10. The molecule has 0 aliphatic heterocycles. The monoisotopic (exact) mass is 393 g/mol. The molecule has 0 N–H and O–H groups in total. The molecule has 0 bridgehead atoms. The van der Waals surface area contributed by atoms with Gasteiger partial charge < -0.3 is 0 Å². The minimum Gasteiger partial charge on any atom is -0.255 e. The molecule has 1 heterocycles. The lowest BCUT2D eigenvalue weighted by atomic mass is 9.99. The van der Waals surface area contributed by atoms with Gasteiger partial charge in [0.25, 0.3) is 0 Å². The number of nitrogens with zero attached hydrogens (tertiary/aromatic N) is 1. The number of hydrogen-bond donors (Lipinski definition) is 0. The molecule has 104 valence electrons. The van der Waals surface area contributed by atoms with E-state index in [2.05, 4.69) is 27.6 Å². The van der Waals surface area contributed by atoms with Gasteiger partial charge in [0.2, 0.25) is 0 Å². The summed E-state index contributed by atoms with van der Waals surface area (Å²) in [6.07, 6.45) is 1.76. The number of benzene rings is 2. The normalized spacial score (nSPS) is 10.6. The highest BCUT2D eigenvalue weighted by Crippen LogP contribution is 2.31. The van der Waals surface area contributed by atoms with E-state index < -0.39 is 0 Å². The van der Waals surface area contributed by atoms with Crippen LogP contribution in [0.1, 0.15) is 0 Å². The predicted octanol–water partition coefficient (Wildman–Crippen LogP) is 5.30. The van der Waals surface area contributed by atoms with Gasteiger partial charge in [0.05, 0.1) is 5.69 Å². The zero-order valence-corrected chi connectivity index (χ0v) is 13.0. The van der Waals surface area contributed by atoms with Crippen LogP contribution in [-0.2, 0) is 0 Å². The van der Waals surface area contributed by atoms with Crippen LogP contribution in [-0.4, -0.2) is 4.98 Å². The van der Waals surface area contributed by atoms with Crippen molar-refractivity contribution in [1.82, 2.24) is 4.98 Å². The Balaban J connectivity index is 2.17. The maximum absolute atomic E-state index is 13.1. The van der Waals surface area contributed by atoms with E-state index in [9.17, 15) is 8.78 Å². The molecule has 0 aliphatic rings. The van der Waals surface area contributed by atoms with Crippen molar-refractivity contribution in [1.29, 1.82) is 0 Å². The molecule has 3 aromatic rings. The summed E-state index contributed by atoms with van der Waals surface area (Å²) in [5.74, 6) is -0.562. The van der Waals surface area contributed by atoms with Crippen molar-refractivity contribution in [2.75, 3.05) is 0 Å². The van der Waals surface area contributed by atoms with E-state index in [4.69, 9.17) is 0 Å². The second-order valence-electron chi connectivity index (χ2n) is 4.56. The molecular weight excluding hydrogens is 383 g/mol. The Hall–Kier alpha value is -1.82. The SMILES string of the molecule is Fc1ccc(-c2cc(I)cnc2-c2ccc(F)cc2)cc1. The fourth-order valence-electron chi connectivity index (χ4n) is 2.13. The first-order valence-electron chi connectivity index (χ1n) is 6.31. The number of pyridine rings is 1. The molecule has 1 nitrogen and oxygen atoms in total. The first-order valence-corrected chi connectivity index (χ1v) is 7.39. The second-order valence-corrected chi connectivity index (χ2v) is 5.81. The van der Waals surface area contributed by atoms with Crippen molar-refractivity contribution >= 4 is 22.6 Å². The van der Waals surface area contributed by atoms with Gasteiger partial charge in [0.15, 0.2) is 0 Å². The van der Waals surface area contributed by atoms with Gasteiger partial charge >= 0.3 is 0 Å². The van der Waals surface area contributed by atoms with Gasteiger partial charge in [-0.15, -0.1) is 0 Å². The lowest BCUT2D eigenvalue weighted by Crippen LogP contribution is -1.91. The van der Waals surface area contributed by atoms with Crippen LogP contribution in [0.3, 0.4) is 0 Å². The Morgan fingerprint density at radius 2 is 1.29 bits per heavy atom. The van der Waals surface area contributed by atoms with E-state index in [-0.39, 0.29) is 11.6 Å². The summed E-state index contributed by atoms with van der Waals surface area (Å²) in [6, 6.07) is 14.5. The molecule has 4 heteroatoms. The van der Waals surface area contributed by atoms with Crippen LogP contribution >= 0.6 is 22.6 Å². The van der Waals surface area contributed by atoms with Crippen LogP contribution in [0.25, 0.3) is 22.4 Å². The van der Waals surface area contributed by atoms with Gasteiger partial charge in [-0.05, 0) is 70.6 Å². The summed E-state index contributed by atoms with van der Waals surface area (Å²) in [5.41, 5.74) is 3.35. The van der Waals surface area contributed by atoms with E-state index >= 15 is 0 Å². The standard InChI is InChI=1S/C17H10F2IN/c18-13-5-1-11(2-6-13)16-9-15(20)10-21-17(16)12-3-7-14(19)8-4-12/h1-10H. The summed E-state index contributed by atoms with van der Waals surface area (Å²) < 4.78 is 27.1. The summed E-state index contributed by atoms with van der Waals surface area (Å²) in [4.78, 5) is 4.45. The van der Waals surface area contributed by atoms with Gasteiger partial charge in [0, 0.05) is 20.9 Å². The smallest absolute Gasteiger partial charge is 0.123 e. The highest BCUT2D eigenvalue weighted by atomic mass is 127. The molecule has 2 aromatic carbocycles. The summed E-state index contributed by atoms with van der Waals surface area (Å²) in [7, 11) is 0. The average Bonchev–Trinajstić information content (AvgIpc) is 2.49. The summed E-state index contributed by atoms with van der Waals surface area (Å²) in [5, 5.41) is 0. The van der Waals surface area contributed by atoms with E-state index in [1.54, 1.807) is 30.5 Å². The van der Waals surface area contributed by atoms with Gasteiger partial charge in [0.1, 0.15) is 11.6 Å². The van der Waals surface area contributed by atoms with Crippen molar-refractivity contribution in [3.8, 4) is 22.4 Å². The predicted molar refractivity (Wildman–Crippen MR) is 87.7 cm³/mol. The number of aromatic nitrogens is 1. The highest BCUT2D eigenvalue weighted by molar-refractivity contribution is 14.1. The molecule has 21 heavy (non-hydrogen) atoms. The molecule has 1 aromatic heterocycles. The van der Waals surface area contributed by atoms with E-state index in [0.717, 1.165) is 26.0 Å². The van der Waals surface area contributed by atoms with Crippen LogP contribution in [0.2, 0.25) is 0 Å². The van der Waals surface area contributed by atoms with Crippen molar-refractivity contribution < 1.29 is 8.78 Å². The summed E-state index contributed by atoms with van der Waals surface area (Å²) in [6.45, 7) is 0. The Morgan fingerprint density at radius 3 is 1.86 bits per heavy atom. The van der Waals surface area contributed by atoms with E-state index in [1.165, 1.54) is 24.3 Å². The topological polar surface area (TPSA) is 12.9 Å². The molecule has 3 rings (SSSR count). The largest absolute Gasteiger partial charge is 0.255 e. The zero-order valence-electron chi connectivity index (χ0n) is 10.9. The van der Waals surface area contributed by atoms with Crippen LogP contribution in [0.4, 0.5) is 8.78 Å². The molecule has 0 amide bonds. The number of rotatable bonds is 2. The molecule has 0 radical (unpaired) electrons. The Bertz CT molecular complexity index is 768. The molecule has 0 unspecified atom stereocenters. The third-order valence-electron chi connectivity index (χ3n) is 3.13. The summed E-state index contributed by atoms with van der Waals surface area (Å²) >= 11 is 2.18. The van der Waals surface area contributed by atoms with Crippen LogP contribution in [0, 0.1) is 15.2 Å². The van der Waals surface area contributed by atoms with Crippen molar-refractivity contribution in [2.24, 2.45) is 0 Å². The molecule has 0 saturated carbocycles. The van der Waals surface area contributed by atoms with Gasteiger partial charge in [-0.2, -0.15) is 0 Å². The van der Waals surface area contributed by atoms with Gasteiger partial charge in [-0.1, -0.05) is 12.1 Å². The molecule has 0 aliphatic carbocycles. The van der Waals surface area contributed by atoms with Crippen molar-refractivity contribution in [2.45, 2.75) is 0 Å². The maximum atomic E-state index is 13.1. The average molecular weight is 393 g/mol. The van der Waals surface area contributed by atoms with E-state index in [0.29, 0.717) is 0 Å². The van der Waals surface area contributed by atoms with Crippen molar-refractivity contribution in [3.63, 3.8) is 0 Å². The van der Waals surface area contributed by atoms with Gasteiger partial charge in [-0.25, -0.2) is 8.78 Å². The maximum Gasteiger partial charge on any atom is 0.123 e. The third-order valence-corrected chi connectivity index (χ3v) is 3.72. The number of hydrogen-bond acceptors (Lipinski definition) is 1. The minimum absolute atomic E-state index is 0.277. The fourth-order valence-corrected chi connectivity index (χ4v) is 2.58. The molecule has 0 atom stereocenters. The van der Waals surface area contributed by atoms with E-state index in [1.807, 2.05) is 6.07 Å². The number of halogens is 3. The van der Waals surface area contributed by atoms with Crippen LogP contribution in [0.5, 0.6) is 0 Å². The third kappa shape index (κ3) is 3.10. The molecule has 0 spiro atoms. The molecular formula is C17H10F2IN. The van der Waals surface area contributed by atoms with Gasteiger partial charge in [-0.3, -0.25) is 4.98 Å². The quantitative estimate of drug-likeness (QED) is 0.539. The highest BCUT2D eigenvalue weighted by Gasteiger charge is 2.10. The first-order chi connectivity index (χ1) is 10.1. The second kappa shape index (κ2) is 5.89. The fraction of sp³-hybridized carbons (Fsp3) is 0. The lowest BCUT2D eigenvalue weighted by molar-refractivity contribution is 0.627. The molecule has 0 saturated heterocycles. The minimum atomic E-state index is -0.285. The Labute approximate surface area is 134 Å². The molecule has 0 fully saturated rings. The Kier molecular flexibility index (Phi) is 3.96.